The summed E-state index contributed by atoms with van der Waals surface area (Å²) < 4.78 is 1.88. The average molecular weight is 527 g/mol. The molecule has 0 radical (unpaired) electrons. The van der Waals surface area contributed by atoms with Crippen molar-refractivity contribution in [1.82, 2.24) is 25.0 Å². The normalized spacial score (nSPS) is 17.0. The number of aryl methyl sites for hydroxylation is 1. The molecule has 29 heavy (non-hydrogen) atoms. The standard InChI is InChI=1S/C21H27ClN6.HI/c1-3-23-21(28-9-7-16(14-28)17-12-26-27(2)13-17)24-8-6-15-11-25-20-5-4-18(22)10-19(15)20;/h4-5,10-13,16,25H,3,6-9,14H2,1-2H3,(H,23,24);1H. The van der Waals surface area contributed by atoms with Crippen LogP contribution < -0.4 is 5.32 Å². The van der Waals surface area contributed by atoms with Crippen molar-refractivity contribution in [3.8, 4) is 0 Å². The lowest BCUT2D eigenvalue weighted by atomic mass is 10.0. The van der Waals surface area contributed by atoms with Crippen LogP contribution in [0.1, 0.15) is 30.4 Å². The van der Waals surface area contributed by atoms with Gasteiger partial charge in [0.25, 0.3) is 0 Å². The van der Waals surface area contributed by atoms with E-state index in [1.165, 1.54) is 16.5 Å². The first-order chi connectivity index (χ1) is 13.6. The summed E-state index contributed by atoms with van der Waals surface area (Å²) in [6.45, 7) is 5.74. The molecule has 3 heterocycles. The molecule has 0 amide bonds. The SMILES string of the molecule is CCNC(=NCCc1c[nH]c2ccc(Cl)cc12)N1CCC(c2cnn(C)c2)C1.I. The highest BCUT2D eigenvalue weighted by Crippen LogP contribution is 2.27. The Morgan fingerprint density at radius 2 is 2.28 bits per heavy atom. The molecule has 3 aromatic rings. The van der Waals surface area contributed by atoms with Crippen LogP contribution in [0.3, 0.4) is 0 Å². The molecule has 156 valence electrons. The molecule has 2 N–H and O–H groups in total. The van der Waals surface area contributed by atoms with Crippen molar-refractivity contribution in [2.75, 3.05) is 26.2 Å². The molecule has 6 nitrogen and oxygen atoms in total. The second-order valence-corrected chi connectivity index (χ2v) is 7.80. The highest BCUT2D eigenvalue weighted by Gasteiger charge is 2.26. The number of benzene rings is 1. The van der Waals surface area contributed by atoms with Crippen molar-refractivity contribution in [2.24, 2.45) is 12.0 Å². The quantitative estimate of drug-likeness (QED) is 0.298. The fraction of sp³-hybridized carbons (Fsp3) is 0.429. The van der Waals surface area contributed by atoms with E-state index < -0.39 is 0 Å². The van der Waals surface area contributed by atoms with Gasteiger partial charge in [0.2, 0.25) is 0 Å². The number of aromatic nitrogens is 3. The number of likely N-dealkylation sites (tertiary alicyclic amines) is 1. The zero-order valence-corrected chi connectivity index (χ0v) is 19.9. The summed E-state index contributed by atoms with van der Waals surface area (Å²) in [5.41, 5.74) is 3.69. The van der Waals surface area contributed by atoms with E-state index >= 15 is 0 Å². The largest absolute Gasteiger partial charge is 0.361 e. The zero-order chi connectivity index (χ0) is 19.5. The summed E-state index contributed by atoms with van der Waals surface area (Å²) in [6.07, 6.45) is 8.20. The summed E-state index contributed by atoms with van der Waals surface area (Å²) in [6, 6.07) is 5.96. The fourth-order valence-electron chi connectivity index (χ4n) is 3.94. The Labute approximate surface area is 193 Å². The van der Waals surface area contributed by atoms with Gasteiger partial charge in [0.05, 0.1) is 6.20 Å². The molecule has 1 saturated heterocycles. The van der Waals surface area contributed by atoms with Crippen molar-refractivity contribution < 1.29 is 0 Å². The molecule has 1 aliphatic rings. The Bertz CT molecular complexity index is 979. The number of nitrogens with one attached hydrogen (secondary N) is 2. The number of H-pyrrole nitrogens is 1. The molecule has 1 unspecified atom stereocenters. The minimum atomic E-state index is 0. The van der Waals surface area contributed by atoms with Crippen LogP contribution in [-0.2, 0) is 13.5 Å². The summed E-state index contributed by atoms with van der Waals surface area (Å²) in [5.74, 6) is 1.53. The van der Waals surface area contributed by atoms with Gasteiger partial charge in [-0.05, 0) is 49.1 Å². The monoisotopic (exact) mass is 526 g/mol. The Kier molecular flexibility index (Phi) is 7.45. The highest BCUT2D eigenvalue weighted by molar-refractivity contribution is 14.0. The zero-order valence-electron chi connectivity index (χ0n) is 16.9. The Balaban J connectivity index is 0.00000240. The number of guanidine groups is 1. The summed E-state index contributed by atoms with van der Waals surface area (Å²) in [4.78, 5) is 10.6. The molecule has 2 aromatic heterocycles. The van der Waals surface area contributed by atoms with E-state index in [2.05, 4.69) is 39.6 Å². The summed E-state index contributed by atoms with van der Waals surface area (Å²) in [5, 5.41) is 9.72. The molecule has 1 aliphatic heterocycles. The second kappa shape index (κ2) is 9.84. The topological polar surface area (TPSA) is 61.2 Å². The van der Waals surface area contributed by atoms with Gasteiger partial charge in [0.1, 0.15) is 0 Å². The van der Waals surface area contributed by atoms with Crippen LogP contribution >= 0.6 is 35.6 Å². The van der Waals surface area contributed by atoms with Crippen LogP contribution in [0.2, 0.25) is 5.02 Å². The molecule has 0 saturated carbocycles. The van der Waals surface area contributed by atoms with Gasteiger partial charge < -0.3 is 15.2 Å². The van der Waals surface area contributed by atoms with Crippen LogP contribution in [0, 0.1) is 0 Å². The highest BCUT2D eigenvalue weighted by atomic mass is 127. The van der Waals surface area contributed by atoms with Crippen LogP contribution in [-0.4, -0.2) is 51.8 Å². The Hall–Kier alpha value is -1.74. The third kappa shape index (κ3) is 5.06. The number of aliphatic imine (C=N–C) groups is 1. The molecule has 4 rings (SSSR count). The fourth-order valence-corrected chi connectivity index (χ4v) is 4.11. The number of hydrogen-bond acceptors (Lipinski definition) is 2. The van der Waals surface area contributed by atoms with Crippen molar-refractivity contribution in [1.29, 1.82) is 0 Å². The molecule has 1 fully saturated rings. The van der Waals surface area contributed by atoms with Crippen molar-refractivity contribution in [3.63, 3.8) is 0 Å². The molecule has 0 spiro atoms. The van der Waals surface area contributed by atoms with E-state index in [4.69, 9.17) is 16.6 Å². The van der Waals surface area contributed by atoms with Crippen LogP contribution in [0.25, 0.3) is 10.9 Å². The third-order valence-corrected chi connectivity index (χ3v) is 5.63. The molecule has 1 atom stereocenters. The number of nitrogens with zero attached hydrogens (tertiary/aromatic N) is 4. The lowest BCUT2D eigenvalue weighted by Crippen LogP contribution is -2.40. The first kappa shape index (κ1) is 22.0. The molecular formula is C21H28ClIN6. The van der Waals surface area contributed by atoms with E-state index in [1.54, 1.807) is 0 Å². The number of halogens is 2. The Morgan fingerprint density at radius 1 is 1.41 bits per heavy atom. The van der Waals surface area contributed by atoms with Gasteiger partial charge in [0, 0.05) is 67.5 Å². The lowest BCUT2D eigenvalue weighted by molar-refractivity contribution is 0.486. The van der Waals surface area contributed by atoms with Gasteiger partial charge in [0.15, 0.2) is 5.96 Å². The van der Waals surface area contributed by atoms with Gasteiger partial charge >= 0.3 is 0 Å². The number of rotatable bonds is 5. The average Bonchev–Trinajstić information content (AvgIpc) is 3.41. The van der Waals surface area contributed by atoms with Gasteiger partial charge in [-0.15, -0.1) is 24.0 Å². The van der Waals surface area contributed by atoms with E-state index in [0.29, 0.717) is 5.92 Å². The summed E-state index contributed by atoms with van der Waals surface area (Å²) >= 11 is 6.16. The maximum atomic E-state index is 6.16. The minimum Gasteiger partial charge on any atom is -0.361 e. The lowest BCUT2D eigenvalue weighted by Gasteiger charge is -2.21. The summed E-state index contributed by atoms with van der Waals surface area (Å²) in [7, 11) is 1.97. The van der Waals surface area contributed by atoms with E-state index in [-0.39, 0.29) is 24.0 Å². The third-order valence-electron chi connectivity index (χ3n) is 5.39. The smallest absolute Gasteiger partial charge is 0.193 e. The van der Waals surface area contributed by atoms with Crippen molar-refractivity contribution >= 4 is 52.4 Å². The number of fused-ring (bicyclic) bond motifs is 1. The van der Waals surface area contributed by atoms with Crippen LogP contribution in [0.4, 0.5) is 0 Å². The molecule has 1 aromatic carbocycles. The van der Waals surface area contributed by atoms with Crippen LogP contribution in [0.15, 0.2) is 41.8 Å². The molecule has 0 aliphatic carbocycles. The Morgan fingerprint density at radius 3 is 3.03 bits per heavy atom. The first-order valence-corrected chi connectivity index (χ1v) is 10.3. The maximum Gasteiger partial charge on any atom is 0.193 e. The van der Waals surface area contributed by atoms with E-state index in [0.717, 1.165) is 55.5 Å². The van der Waals surface area contributed by atoms with E-state index in [1.807, 2.05) is 36.1 Å². The predicted molar refractivity (Wildman–Crippen MR) is 131 cm³/mol. The molecular weight excluding hydrogens is 499 g/mol. The van der Waals surface area contributed by atoms with Crippen molar-refractivity contribution in [2.45, 2.75) is 25.7 Å². The van der Waals surface area contributed by atoms with Gasteiger partial charge in [-0.1, -0.05) is 11.6 Å². The van der Waals surface area contributed by atoms with Gasteiger partial charge in [-0.3, -0.25) is 9.67 Å². The first-order valence-electron chi connectivity index (χ1n) is 9.91. The number of hydrogen-bond donors (Lipinski definition) is 2. The maximum absolute atomic E-state index is 6.16. The predicted octanol–water partition coefficient (Wildman–Crippen LogP) is 4.17. The second-order valence-electron chi connectivity index (χ2n) is 7.37. The van der Waals surface area contributed by atoms with Gasteiger partial charge in [-0.25, -0.2) is 0 Å². The molecule has 0 bridgehead atoms. The van der Waals surface area contributed by atoms with Crippen molar-refractivity contribution in [3.05, 3.63) is 52.9 Å². The number of aromatic amines is 1. The van der Waals surface area contributed by atoms with Gasteiger partial charge in [-0.2, -0.15) is 5.10 Å². The minimum absolute atomic E-state index is 0. The van der Waals surface area contributed by atoms with E-state index in [9.17, 15) is 0 Å². The van der Waals surface area contributed by atoms with Crippen LogP contribution in [0.5, 0.6) is 0 Å². The molecule has 8 heteroatoms.